The third kappa shape index (κ3) is 4.97. The molecule has 27 heavy (non-hydrogen) atoms. The zero-order chi connectivity index (χ0) is 19.1. The van der Waals surface area contributed by atoms with Crippen LogP contribution in [0.1, 0.15) is 43.0 Å². The van der Waals surface area contributed by atoms with Gasteiger partial charge >= 0.3 is 0 Å². The van der Waals surface area contributed by atoms with Gasteiger partial charge in [-0.15, -0.1) is 0 Å². The summed E-state index contributed by atoms with van der Waals surface area (Å²) in [6.07, 6.45) is 3.58. The molecule has 0 aromatic heterocycles. The minimum Gasteiger partial charge on any atom is -0.356 e. The summed E-state index contributed by atoms with van der Waals surface area (Å²) < 4.78 is 0. The van der Waals surface area contributed by atoms with Crippen LogP contribution in [0.15, 0.2) is 54.6 Å². The van der Waals surface area contributed by atoms with E-state index in [1.807, 2.05) is 47.4 Å². The van der Waals surface area contributed by atoms with Crippen LogP contribution in [0.4, 0.5) is 0 Å². The molecule has 1 fully saturated rings. The highest BCUT2D eigenvalue weighted by atomic mass is 16.2. The van der Waals surface area contributed by atoms with E-state index >= 15 is 0 Å². The maximum absolute atomic E-state index is 12.8. The number of rotatable bonds is 6. The van der Waals surface area contributed by atoms with Crippen molar-refractivity contribution in [3.05, 3.63) is 60.2 Å². The fourth-order valence-electron chi connectivity index (χ4n) is 3.50. The lowest BCUT2D eigenvalue weighted by Gasteiger charge is -2.31. The van der Waals surface area contributed by atoms with E-state index in [4.69, 9.17) is 0 Å². The predicted octanol–water partition coefficient (Wildman–Crippen LogP) is 4.12. The molecular weight excluding hydrogens is 336 g/mol. The molecule has 0 unspecified atom stereocenters. The molecule has 0 atom stereocenters. The van der Waals surface area contributed by atoms with E-state index in [-0.39, 0.29) is 17.7 Å². The number of unbranched alkanes of at least 4 members (excludes halogenated alkanes) is 1. The van der Waals surface area contributed by atoms with E-state index in [1.165, 1.54) is 0 Å². The van der Waals surface area contributed by atoms with Crippen LogP contribution in [0.2, 0.25) is 0 Å². The largest absolute Gasteiger partial charge is 0.356 e. The molecule has 1 aliphatic heterocycles. The zero-order valence-electron chi connectivity index (χ0n) is 16.0. The average Bonchev–Trinajstić information content (AvgIpc) is 2.74. The van der Waals surface area contributed by atoms with Crippen LogP contribution >= 0.6 is 0 Å². The Bertz CT molecular complexity index is 748. The van der Waals surface area contributed by atoms with Crippen LogP contribution in [0.5, 0.6) is 0 Å². The van der Waals surface area contributed by atoms with Crippen molar-refractivity contribution < 1.29 is 9.59 Å². The van der Waals surface area contributed by atoms with Gasteiger partial charge in [-0.2, -0.15) is 0 Å². The van der Waals surface area contributed by atoms with Crippen molar-refractivity contribution in [1.29, 1.82) is 0 Å². The lowest BCUT2D eigenvalue weighted by molar-refractivity contribution is -0.126. The molecule has 1 aliphatic rings. The Hall–Kier alpha value is -2.62. The third-order valence-corrected chi connectivity index (χ3v) is 5.22. The highest BCUT2D eigenvalue weighted by Crippen LogP contribution is 2.22. The molecule has 142 valence electrons. The number of hydrogen-bond acceptors (Lipinski definition) is 2. The SMILES string of the molecule is CCCCNC(=O)C1CCN(C(=O)c2ccc(-c3ccccc3)cc2)CC1. The lowest BCUT2D eigenvalue weighted by atomic mass is 9.95. The summed E-state index contributed by atoms with van der Waals surface area (Å²) in [6, 6.07) is 17.9. The molecule has 0 spiro atoms. The molecule has 0 radical (unpaired) electrons. The van der Waals surface area contributed by atoms with Gasteiger partial charge in [-0.25, -0.2) is 0 Å². The fourth-order valence-corrected chi connectivity index (χ4v) is 3.50. The van der Waals surface area contributed by atoms with Crippen LogP contribution in [-0.4, -0.2) is 36.3 Å². The summed E-state index contributed by atoms with van der Waals surface area (Å²) in [7, 11) is 0. The van der Waals surface area contributed by atoms with E-state index in [2.05, 4.69) is 24.4 Å². The molecule has 2 amide bonds. The lowest BCUT2D eigenvalue weighted by Crippen LogP contribution is -2.43. The highest BCUT2D eigenvalue weighted by Gasteiger charge is 2.27. The first kappa shape index (κ1) is 19.2. The molecule has 1 saturated heterocycles. The van der Waals surface area contributed by atoms with Gasteiger partial charge in [0.05, 0.1) is 0 Å². The molecule has 4 heteroatoms. The summed E-state index contributed by atoms with van der Waals surface area (Å²) in [5.74, 6) is 0.230. The van der Waals surface area contributed by atoms with Gasteiger partial charge in [0.2, 0.25) is 5.91 Å². The first-order valence-electron chi connectivity index (χ1n) is 9.91. The number of amides is 2. The number of nitrogens with one attached hydrogen (secondary N) is 1. The maximum Gasteiger partial charge on any atom is 0.253 e. The zero-order valence-corrected chi connectivity index (χ0v) is 16.0. The fraction of sp³-hybridized carbons (Fsp3) is 0.391. The number of likely N-dealkylation sites (tertiary alicyclic amines) is 1. The first-order chi connectivity index (χ1) is 13.2. The monoisotopic (exact) mass is 364 g/mol. The maximum atomic E-state index is 12.8. The van der Waals surface area contributed by atoms with Gasteiger partial charge in [0.15, 0.2) is 0 Å². The number of carbonyl (C=O) groups excluding carboxylic acids is 2. The van der Waals surface area contributed by atoms with Crippen molar-refractivity contribution in [1.82, 2.24) is 10.2 Å². The van der Waals surface area contributed by atoms with E-state index < -0.39 is 0 Å². The molecule has 0 saturated carbocycles. The second-order valence-electron chi connectivity index (χ2n) is 7.15. The smallest absolute Gasteiger partial charge is 0.253 e. The Morgan fingerprint density at radius 3 is 2.22 bits per heavy atom. The van der Waals surface area contributed by atoms with Crippen LogP contribution in [0.3, 0.4) is 0 Å². The van der Waals surface area contributed by atoms with E-state index in [0.717, 1.165) is 43.4 Å². The first-order valence-corrected chi connectivity index (χ1v) is 9.91. The molecule has 3 rings (SSSR count). The van der Waals surface area contributed by atoms with Crippen LogP contribution in [0, 0.1) is 5.92 Å². The average molecular weight is 364 g/mol. The minimum absolute atomic E-state index is 0.0337. The Morgan fingerprint density at radius 1 is 0.963 bits per heavy atom. The predicted molar refractivity (Wildman–Crippen MR) is 108 cm³/mol. The van der Waals surface area contributed by atoms with Crippen molar-refractivity contribution in [2.24, 2.45) is 5.92 Å². The van der Waals surface area contributed by atoms with Gasteiger partial charge in [0.25, 0.3) is 5.91 Å². The Morgan fingerprint density at radius 2 is 1.59 bits per heavy atom. The van der Waals surface area contributed by atoms with Crippen molar-refractivity contribution >= 4 is 11.8 Å². The van der Waals surface area contributed by atoms with Gasteiger partial charge in [-0.3, -0.25) is 9.59 Å². The standard InChI is InChI=1S/C23H28N2O2/c1-2-3-15-24-22(26)20-13-16-25(17-14-20)23(27)21-11-9-19(10-12-21)18-7-5-4-6-8-18/h4-12,20H,2-3,13-17H2,1H3,(H,24,26). The molecule has 1 N–H and O–H groups in total. The van der Waals surface area contributed by atoms with Crippen molar-refractivity contribution in [3.8, 4) is 11.1 Å². The van der Waals surface area contributed by atoms with Crippen molar-refractivity contribution in [2.75, 3.05) is 19.6 Å². The third-order valence-electron chi connectivity index (χ3n) is 5.22. The number of carbonyl (C=O) groups is 2. The minimum atomic E-state index is 0.0337. The summed E-state index contributed by atoms with van der Waals surface area (Å²) in [5.41, 5.74) is 2.96. The normalized spacial score (nSPS) is 14.8. The number of hydrogen-bond donors (Lipinski definition) is 1. The van der Waals surface area contributed by atoms with Gasteiger partial charge in [-0.1, -0.05) is 55.8 Å². The van der Waals surface area contributed by atoms with E-state index in [1.54, 1.807) is 0 Å². The quantitative estimate of drug-likeness (QED) is 0.784. The number of nitrogens with zero attached hydrogens (tertiary/aromatic N) is 1. The second kappa shape index (κ2) is 9.36. The van der Waals surface area contributed by atoms with Gasteiger partial charge in [0, 0.05) is 31.1 Å². The number of benzene rings is 2. The van der Waals surface area contributed by atoms with E-state index in [0.29, 0.717) is 18.7 Å². The van der Waals surface area contributed by atoms with Crippen LogP contribution < -0.4 is 5.32 Å². The van der Waals surface area contributed by atoms with Crippen molar-refractivity contribution in [3.63, 3.8) is 0 Å². The molecule has 0 bridgehead atoms. The van der Waals surface area contributed by atoms with Gasteiger partial charge < -0.3 is 10.2 Å². The second-order valence-corrected chi connectivity index (χ2v) is 7.15. The van der Waals surface area contributed by atoms with Crippen LogP contribution in [0.25, 0.3) is 11.1 Å². The topological polar surface area (TPSA) is 49.4 Å². The molecule has 1 heterocycles. The summed E-state index contributed by atoms with van der Waals surface area (Å²) >= 11 is 0. The van der Waals surface area contributed by atoms with Crippen LogP contribution in [-0.2, 0) is 4.79 Å². The Kier molecular flexibility index (Phi) is 6.64. The number of piperidine rings is 1. The van der Waals surface area contributed by atoms with E-state index in [9.17, 15) is 9.59 Å². The molecule has 2 aromatic carbocycles. The van der Waals surface area contributed by atoms with Gasteiger partial charge in [0.1, 0.15) is 0 Å². The highest BCUT2D eigenvalue weighted by molar-refractivity contribution is 5.95. The summed E-state index contributed by atoms with van der Waals surface area (Å²) in [6.45, 7) is 4.15. The summed E-state index contributed by atoms with van der Waals surface area (Å²) in [4.78, 5) is 26.8. The molecule has 2 aromatic rings. The summed E-state index contributed by atoms with van der Waals surface area (Å²) in [5, 5.41) is 3.01. The van der Waals surface area contributed by atoms with Crippen molar-refractivity contribution in [2.45, 2.75) is 32.6 Å². The Balaban J connectivity index is 1.54. The molecule has 0 aliphatic carbocycles. The molecular formula is C23H28N2O2. The Labute approximate surface area is 161 Å². The molecule has 4 nitrogen and oxygen atoms in total. The van der Waals surface area contributed by atoms with Gasteiger partial charge in [-0.05, 0) is 42.5 Å².